The number of benzene rings is 2. The topological polar surface area (TPSA) is 100 Å². The van der Waals surface area contributed by atoms with Crippen LogP contribution in [0.15, 0.2) is 59.5 Å². The second-order valence-electron chi connectivity index (χ2n) is 7.98. The normalized spacial score (nSPS) is 11.2. The molecule has 0 unspecified atom stereocenters. The van der Waals surface area contributed by atoms with Crippen LogP contribution in [-0.4, -0.2) is 30.1 Å². The van der Waals surface area contributed by atoms with Gasteiger partial charge >= 0.3 is 6.09 Å². The van der Waals surface area contributed by atoms with E-state index >= 15 is 0 Å². The lowest BCUT2D eigenvalue weighted by Gasteiger charge is -2.25. The van der Waals surface area contributed by atoms with Crippen LogP contribution in [0.4, 0.5) is 10.5 Å². The van der Waals surface area contributed by atoms with Gasteiger partial charge in [0.25, 0.3) is 5.91 Å². The zero-order chi connectivity index (χ0) is 22.4. The Balaban J connectivity index is 1.67. The minimum absolute atomic E-state index is 0.0536. The van der Waals surface area contributed by atoms with Gasteiger partial charge in [0.05, 0.1) is 6.61 Å². The Morgan fingerprint density at radius 1 is 1.06 bits per heavy atom. The number of ether oxygens (including phenoxy) is 1. The van der Waals surface area contributed by atoms with Crippen LogP contribution in [0, 0.1) is 0 Å². The van der Waals surface area contributed by atoms with Crippen molar-refractivity contribution in [3.63, 3.8) is 0 Å². The number of carbonyl (C=O) groups excluding carboxylic acids is 2. The molecule has 0 aliphatic carbocycles. The lowest BCUT2D eigenvalue weighted by atomic mass is 9.84. The zero-order valence-corrected chi connectivity index (χ0v) is 18.0. The molecule has 1 heterocycles. The fraction of sp³-hybridized carbons (Fsp3) is 0.292. The molecule has 2 amide bonds. The van der Waals surface area contributed by atoms with E-state index in [2.05, 4.69) is 15.6 Å². The molecule has 162 valence electrons. The molecule has 2 aromatic carbocycles. The van der Waals surface area contributed by atoms with E-state index in [-0.39, 0.29) is 16.4 Å². The Morgan fingerprint density at radius 2 is 1.77 bits per heavy atom. The third kappa shape index (κ3) is 5.31. The van der Waals surface area contributed by atoms with Gasteiger partial charge in [0.1, 0.15) is 5.56 Å². The van der Waals surface area contributed by atoms with Crippen LogP contribution in [-0.2, 0) is 10.2 Å². The van der Waals surface area contributed by atoms with Crippen LogP contribution in [0.3, 0.4) is 0 Å². The summed E-state index contributed by atoms with van der Waals surface area (Å²) in [4.78, 5) is 39.9. The van der Waals surface area contributed by atoms with E-state index in [9.17, 15) is 14.4 Å². The maximum absolute atomic E-state index is 12.6. The van der Waals surface area contributed by atoms with Crippen molar-refractivity contribution in [1.82, 2.24) is 10.3 Å². The largest absolute Gasteiger partial charge is 0.450 e. The SMILES string of the molecule is CCCOC(=O)NCC(C)(C)c1ccc(NC(=O)c2c[nH]c3ccccc3c2=O)cc1. The average Bonchev–Trinajstić information content (AvgIpc) is 2.77. The first kappa shape index (κ1) is 22.1. The van der Waals surface area contributed by atoms with E-state index < -0.39 is 12.0 Å². The number of hydrogen-bond donors (Lipinski definition) is 3. The monoisotopic (exact) mass is 421 g/mol. The third-order valence-corrected chi connectivity index (χ3v) is 5.07. The molecule has 0 fully saturated rings. The number of amides is 2. The van der Waals surface area contributed by atoms with Crippen LogP contribution in [0.1, 0.15) is 43.1 Å². The van der Waals surface area contributed by atoms with Crippen molar-refractivity contribution in [1.29, 1.82) is 0 Å². The van der Waals surface area contributed by atoms with Gasteiger partial charge < -0.3 is 20.4 Å². The highest BCUT2D eigenvalue weighted by atomic mass is 16.5. The van der Waals surface area contributed by atoms with Crippen molar-refractivity contribution in [2.45, 2.75) is 32.6 Å². The Hall–Kier alpha value is -3.61. The van der Waals surface area contributed by atoms with E-state index in [4.69, 9.17) is 4.74 Å². The molecule has 0 bridgehead atoms. The molecule has 7 nitrogen and oxygen atoms in total. The van der Waals surface area contributed by atoms with Gasteiger partial charge in [-0.1, -0.05) is 45.0 Å². The highest BCUT2D eigenvalue weighted by Crippen LogP contribution is 2.24. The van der Waals surface area contributed by atoms with Crippen molar-refractivity contribution in [3.8, 4) is 0 Å². The standard InChI is InChI=1S/C24H27N3O4/c1-4-13-31-23(30)26-15-24(2,3)16-9-11-17(12-10-16)27-22(29)19-14-25-20-8-6-5-7-18(20)21(19)28/h5-12,14H,4,13,15H2,1-3H3,(H,25,28)(H,26,30)(H,27,29). The fourth-order valence-electron chi connectivity index (χ4n) is 3.18. The summed E-state index contributed by atoms with van der Waals surface area (Å²) >= 11 is 0. The summed E-state index contributed by atoms with van der Waals surface area (Å²) in [6.45, 7) is 6.76. The number of H-pyrrole nitrogens is 1. The highest BCUT2D eigenvalue weighted by Gasteiger charge is 2.22. The molecule has 0 saturated carbocycles. The summed E-state index contributed by atoms with van der Waals surface area (Å²) in [5.41, 5.74) is 1.66. The highest BCUT2D eigenvalue weighted by molar-refractivity contribution is 6.05. The molecule has 0 aliphatic rings. The van der Waals surface area contributed by atoms with Crippen molar-refractivity contribution >= 4 is 28.6 Å². The average molecular weight is 421 g/mol. The summed E-state index contributed by atoms with van der Waals surface area (Å²) in [6, 6.07) is 14.4. The first-order valence-corrected chi connectivity index (χ1v) is 10.2. The molecular formula is C24H27N3O4. The maximum atomic E-state index is 12.6. The van der Waals surface area contributed by atoms with E-state index in [0.29, 0.717) is 29.7 Å². The molecule has 3 aromatic rings. The number of aromatic nitrogens is 1. The first-order valence-electron chi connectivity index (χ1n) is 10.2. The van der Waals surface area contributed by atoms with Gasteiger partial charge in [0.15, 0.2) is 0 Å². The summed E-state index contributed by atoms with van der Waals surface area (Å²) in [5, 5.41) is 6.01. The summed E-state index contributed by atoms with van der Waals surface area (Å²) in [7, 11) is 0. The fourth-order valence-corrected chi connectivity index (χ4v) is 3.18. The number of para-hydroxylation sites is 1. The Labute approximate surface area is 180 Å². The van der Waals surface area contributed by atoms with Gasteiger partial charge in [0, 0.05) is 34.7 Å². The van der Waals surface area contributed by atoms with Gasteiger partial charge in [-0.15, -0.1) is 0 Å². The third-order valence-electron chi connectivity index (χ3n) is 5.07. The minimum Gasteiger partial charge on any atom is -0.450 e. The zero-order valence-electron chi connectivity index (χ0n) is 18.0. The molecule has 0 radical (unpaired) electrons. The smallest absolute Gasteiger partial charge is 0.407 e. The maximum Gasteiger partial charge on any atom is 0.407 e. The van der Waals surface area contributed by atoms with Gasteiger partial charge in [0.2, 0.25) is 5.43 Å². The quantitative estimate of drug-likeness (QED) is 0.532. The molecule has 1 aromatic heterocycles. The number of rotatable bonds is 7. The second-order valence-corrected chi connectivity index (χ2v) is 7.98. The molecule has 0 aliphatic heterocycles. The number of hydrogen-bond acceptors (Lipinski definition) is 4. The van der Waals surface area contributed by atoms with Crippen molar-refractivity contribution in [2.24, 2.45) is 0 Å². The summed E-state index contributed by atoms with van der Waals surface area (Å²) in [6.07, 6.45) is 1.77. The van der Waals surface area contributed by atoms with Gasteiger partial charge in [-0.3, -0.25) is 9.59 Å². The van der Waals surface area contributed by atoms with Gasteiger partial charge in [-0.25, -0.2) is 4.79 Å². The van der Waals surface area contributed by atoms with E-state index in [0.717, 1.165) is 12.0 Å². The molecule has 0 atom stereocenters. The van der Waals surface area contributed by atoms with E-state index in [1.807, 2.05) is 39.0 Å². The van der Waals surface area contributed by atoms with Gasteiger partial charge in [-0.05, 0) is 36.2 Å². The van der Waals surface area contributed by atoms with Crippen LogP contribution < -0.4 is 16.1 Å². The number of carbonyl (C=O) groups is 2. The number of nitrogens with one attached hydrogen (secondary N) is 3. The number of aromatic amines is 1. The summed E-state index contributed by atoms with van der Waals surface area (Å²) < 4.78 is 5.04. The minimum atomic E-state index is -0.473. The Bertz CT molecular complexity index is 1130. The predicted octanol–water partition coefficient (Wildman–Crippen LogP) is 4.19. The van der Waals surface area contributed by atoms with Crippen LogP contribution in [0.25, 0.3) is 10.9 Å². The lowest BCUT2D eigenvalue weighted by Crippen LogP contribution is -2.37. The number of alkyl carbamates (subject to hydrolysis) is 1. The van der Waals surface area contributed by atoms with E-state index in [1.54, 1.807) is 30.3 Å². The van der Waals surface area contributed by atoms with Crippen molar-refractivity contribution in [2.75, 3.05) is 18.5 Å². The van der Waals surface area contributed by atoms with Crippen molar-refractivity contribution in [3.05, 3.63) is 76.1 Å². The molecule has 0 spiro atoms. The molecule has 0 saturated heterocycles. The lowest BCUT2D eigenvalue weighted by molar-refractivity contribution is 0.102. The van der Waals surface area contributed by atoms with Gasteiger partial charge in [-0.2, -0.15) is 0 Å². The second kappa shape index (κ2) is 9.47. The molecule has 3 rings (SSSR count). The van der Waals surface area contributed by atoms with Crippen molar-refractivity contribution < 1.29 is 14.3 Å². The van der Waals surface area contributed by atoms with E-state index in [1.165, 1.54) is 6.20 Å². The predicted molar refractivity (Wildman–Crippen MR) is 122 cm³/mol. The molecule has 31 heavy (non-hydrogen) atoms. The molecular weight excluding hydrogens is 394 g/mol. The number of fused-ring (bicyclic) bond motifs is 1. The van der Waals surface area contributed by atoms with Crippen LogP contribution in [0.2, 0.25) is 0 Å². The number of anilines is 1. The molecule has 7 heteroatoms. The molecule has 3 N–H and O–H groups in total. The summed E-state index contributed by atoms with van der Waals surface area (Å²) in [5.74, 6) is -0.473. The Kier molecular flexibility index (Phi) is 6.74. The van der Waals surface area contributed by atoms with Crippen LogP contribution >= 0.6 is 0 Å². The number of pyridine rings is 1. The van der Waals surface area contributed by atoms with Crippen LogP contribution in [0.5, 0.6) is 0 Å². The first-order chi connectivity index (χ1) is 14.8. The Morgan fingerprint density at radius 3 is 2.48 bits per heavy atom.